The Labute approximate surface area is 359 Å². The molecule has 2 aliphatic heterocycles. The minimum atomic E-state index is -4.36. The summed E-state index contributed by atoms with van der Waals surface area (Å²) in [7, 11) is -1.32. The highest BCUT2D eigenvalue weighted by Crippen LogP contribution is 2.46. The van der Waals surface area contributed by atoms with Crippen molar-refractivity contribution in [2.24, 2.45) is 5.92 Å². The van der Waals surface area contributed by atoms with E-state index in [1.165, 1.54) is 29.4 Å². The molecule has 5 N–H and O–H groups in total. The topological polar surface area (TPSA) is 210 Å². The van der Waals surface area contributed by atoms with Gasteiger partial charge < -0.3 is 35.6 Å². The molecule has 16 nitrogen and oxygen atoms in total. The summed E-state index contributed by atoms with van der Waals surface area (Å²) >= 11 is 1.45. The highest BCUT2D eigenvalue weighted by Gasteiger charge is 2.61. The van der Waals surface area contributed by atoms with Gasteiger partial charge >= 0.3 is 0 Å². The van der Waals surface area contributed by atoms with Crippen LogP contribution in [0.15, 0.2) is 71.0 Å². The lowest BCUT2D eigenvalue weighted by Gasteiger charge is -2.26. The first kappa shape index (κ1) is 43.3. The van der Waals surface area contributed by atoms with Gasteiger partial charge in [0.2, 0.25) is 17.7 Å². The number of hydrogen-bond acceptors (Lipinski definition) is 13. The molecular weight excluding hydrogens is 821 g/mol. The molecule has 18 heteroatoms. The Hall–Kier alpha value is -5.75. The van der Waals surface area contributed by atoms with E-state index in [2.05, 4.69) is 26.0 Å². The molecule has 2 fully saturated rings. The van der Waals surface area contributed by atoms with Crippen LogP contribution in [0.25, 0.3) is 22.3 Å². The van der Waals surface area contributed by atoms with Crippen LogP contribution in [0, 0.1) is 5.92 Å². The van der Waals surface area contributed by atoms with Gasteiger partial charge in [0.05, 0.1) is 30.6 Å². The maximum Gasteiger partial charge on any atom is 0.266 e. The number of rotatable bonds is 11. The standard InChI is InChI=1S/C43H52N8O8S2/c1-26(2)46-42-48-34(25-60-42)33-22-36(30-16-15-28(58-4)20-32(30)47-33)59-29-21-35(51(24-29)39(53)18-17-38(52)44-3)40(54)49-43-23-27(43)12-8-6-5-7-11-19-45-31-13-9-10-14-37(31)61(56,57)50-41(43)55/h8-10,12-16,20,22,25-27,29,35,45H,5-7,11,17-19,21,23-24H2,1-4H3,(H,44,52)(H,46,48)(H,49,54)(H,50,55)/b12-8-/t27?,29-,35+,43-/m1/s1. The lowest BCUT2D eigenvalue weighted by molar-refractivity contribution is -0.140. The lowest BCUT2D eigenvalue weighted by Crippen LogP contribution is -2.56. The number of anilines is 2. The number of fused-ring (bicyclic) bond motifs is 3. The normalized spacial score (nSPS) is 22.9. The zero-order chi connectivity index (χ0) is 43.3. The van der Waals surface area contributed by atoms with E-state index in [0.717, 1.165) is 30.8 Å². The number of benzene rings is 2. The predicted molar refractivity (Wildman–Crippen MR) is 233 cm³/mol. The van der Waals surface area contributed by atoms with Crippen LogP contribution in [0.1, 0.15) is 65.2 Å². The molecule has 324 valence electrons. The number of thiazole rings is 1. The molecular formula is C43H52N8O8S2. The first-order valence-corrected chi connectivity index (χ1v) is 22.9. The number of carbonyl (C=O) groups excluding carboxylic acids is 4. The van der Waals surface area contributed by atoms with Gasteiger partial charge in [-0.3, -0.25) is 19.2 Å². The van der Waals surface area contributed by atoms with Crippen LogP contribution in [0.4, 0.5) is 10.8 Å². The number of allylic oxidation sites excluding steroid dienone is 1. The van der Waals surface area contributed by atoms with Crippen molar-refractivity contribution in [3.05, 3.63) is 66.1 Å². The van der Waals surface area contributed by atoms with E-state index >= 15 is 0 Å². The SMILES string of the molecule is CNC(=O)CCC(=O)N1C[C@H](Oc2cc(-c3csc(NC(C)C)n3)nc3cc(OC)ccc23)C[C@H]1C(=O)N[C@]12CC1/C=C\CCCCCNc1ccccc1S(=O)(=O)NC2=O. The summed E-state index contributed by atoms with van der Waals surface area (Å²) < 4.78 is 42.0. The number of nitrogens with zero attached hydrogens (tertiary/aromatic N) is 3. The second-order valence-electron chi connectivity index (χ2n) is 15.8. The summed E-state index contributed by atoms with van der Waals surface area (Å²) in [6.07, 6.45) is 6.46. The van der Waals surface area contributed by atoms with Crippen LogP contribution in [0.3, 0.4) is 0 Å². The van der Waals surface area contributed by atoms with Crippen molar-refractivity contribution in [2.45, 2.75) is 93.8 Å². The van der Waals surface area contributed by atoms with E-state index in [9.17, 15) is 27.6 Å². The van der Waals surface area contributed by atoms with Crippen molar-refractivity contribution >= 4 is 66.7 Å². The minimum Gasteiger partial charge on any atom is -0.497 e. The molecule has 1 saturated carbocycles. The monoisotopic (exact) mass is 872 g/mol. The van der Waals surface area contributed by atoms with Gasteiger partial charge in [0, 0.05) is 67.7 Å². The molecule has 3 aliphatic rings. The smallest absolute Gasteiger partial charge is 0.266 e. The molecule has 7 rings (SSSR count). The van der Waals surface area contributed by atoms with E-state index < -0.39 is 51.3 Å². The van der Waals surface area contributed by atoms with Gasteiger partial charge in [-0.05, 0) is 63.8 Å². The highest BCUT2D eigenvalue weighted by molar-refractivity contribution is 7.90. The molecule has 1 saturated heterocycles. The predicted octanol–water partition coefficient (Wildman–Crippen LogP) is 4.98. The van der Waals surface area contributed by atoms with E-state index in [0.29, 0.717) is 46.0 Å². The van der Waals surface area contributed by atoms with E-state index in [-0.39, 0.29) is 49.1 Å². The molecule has 1 unspecified atom stereocenters. The Morgan fingerprint density at radius 2 is 1.87 bits per heavy atom. The van der Waals surface area contributed by atoms with Gasteiger partial charge in [-0.25, -0.2) is 23.1 Å². The Balaban J connectivity index is 1.18. The summed E-state index contributed by atoms with van der Waals surface area (Å²) in [6, 6.07) is 12.6. The van der Waals surface area contributed by atoms with Crippen molar-refractivity contribution in [1.82, 2.24) is 30.2 Å². The number of ether oxygens (including phenoxy) is 2. The first-order valence-electron chi connectivity index (χ1n) is 20.6. The number of carbonyl (C=O) groups is 4. The van der Waals surface area contributed by atoms with Gasteiger partial charge in [0.15, 0.2) is 5.13 Å². The van der Waals surface area contributed by atoms with Crippen molar-refractivity contribution < 1.29 is 37.1 Å². The van der Waals surface area contributed by atoms with E-state index in [1.807, 2.05) is 37.4 Å². The number of pyridine rings is 1. The van der Waals surface area contributed by atoms with Gasteiger partial charge in [-0.2, -0.15) is 0 Å². The number of para-hydroxylation sites is 1. The minimum absolute atomic E-state index is 0.000182. The first-order chi connectivity index (χ1) is 29.3. The second-order valence-corrected chi connectivity index (χ2v) is 18.4. The maximum absolute atomic E-state index is 14.5. The van der Waals surface area contributed by atoms with Crippen molar-refractivity contribution in [3.63, 3.8) is 0 Å². The Morgan fingerprint density at radius 1 is 1.05 bits per heavy atom. The molecule has 4 heterocycles. The molecule has 1 aliphatic carbocycles. The van der Waals surface area contributed by atoms with Crippen LogP contribution >= 0.6 is 11.3 Å². The highest BCUT2D eigenvalue weighted by atomic mass is 32.2. The molecule has 0 radical (unpaired) electrons. The van der Waals surface area contributed by atoms with E-state index in [1.54, 1.807) is 43.5 Å². The van der Waals surface area contributed by atoms with Gasteiger partial charge in [0.1, 0.15) is 39.8 Å². The van der Waals surface area contributed by atoms with Crippen LogP contribution in [0.2, 0.25) is 0 Å². The van der Waals surface area contributed by atoms with E-state index in [4.69, 9.17) is 19.4 Å². The molecule has 2 aromatic carbocycles. The average molecular weight is 873 g/mol. The fourth-order valence-electron chi connectivity index (χ4n) is 7.76. The zero-order valence-corrected chi connectivity index (χ0v) is 36.3. The van der Waals surface area contributed by atoms with Crippen LogP contribution in [0.5, 0.6) is 11.5 Å². The molecule has 0 bridgehead atoms. The molecule has 0 spiro atoms. The zero-order valence-electron chi connectivity index (χ0n) is 34.7. The number of nitrogens with one attached hydrogen (secondary N) is 5. The largest absolute Gasteiger partial charge is 0.497 e. The summed E-state index contributed by atoms with van der Waals surface area (Å²) in [4.78, 5) is 65.7. The third-order valence-electron chi connectivity index (χ3n) is 11.1. The number of amides is 4. The van der Waals surface area contributed by atoms with Crippen LogP contribution in [-0.4, -0.2) is 97.9 Å². The Bertz CT molecular complexity index is 2440. The van der Waals surface area contributed by atoms with Gasteiger partial charge in [-0.1, -0.05) is 30.7 Å². The summed E-state index contributed by atoms with van der Waals surface area (Å²) in [5.41, 5.74) is 0.538. The number of sulfonamides is 1. The van der Waals surface area contributed by atoms with Gasteiger partial charge in [0.25, 0.3) is 15.9 Å². The van der Waals surface area contributed by atoms with Crippen LogP contribution < -0.4 is 35.5 Å². The van der Waals surface area contributed by atoms with Crippen LogP contribution in [-0.2, 0) is 29.2 Å². The third-order valence-corrected chi connectivity index (χ3v) is 13.2. The number of aromatic nitrogens is 2. The summed E-state index contributed by atoms with van der Waals surface area (Å²) in [6.45, 7) is 4.61. The number of hydrogen-bond donors (Lipinski definition) is 5. The molecule has 4 aromatic rings. The summed E-state index contributed by atoms with van der Waals surface area (Å²) in [5, 5.41) is 15.2. The molecule has 4 amide bonds. The fraction of sp³-hybridized carbons (Fsp3) is 0.442. The summed E-state index contributed by atoms with van der Waals surface area (Å²) in [5.74, 6) is -1.74. The molecule has 61 heavy (non-hydrogen) atoms. The Morgan fingerprint density at radius 3 is 2.66 bits per heavy atom. The quantitative estimate of drug-likeness (QED) is 0.126. The average Bonchev–Trinajstić information content (AvgIpc) is 3.50. The van der Waals surface area contributed by atoms with Crippen molar-refractivity contribution in [3.8, 4) is 22.9 Å². The molecule has 4 atom stereocenters. The second kappa shape index (κ2) is 18.5. The Kier molecular flexibility index (Phi) is 13.1. The van der Waals surface area contributed by atoms with Gasteiger partial charge in [-0.15, -0.1) is 11.3 Å². The lowest BCUT2D eigenvalue weighted by atomic mass is 10.1. The van der Waals surface area contributed by atoms with Crippen molar-refractivity contribution in [2.75, 3.05) is 37.9 Å². The number of methoxy groups -OCH3 is 1. The maximum atomic E-state index is 14.5. The molecule has 2 aromatic heterocycles. The third kappa shape index (κ3) is 9.91. The van der Waals surface area contributed by atoms with Crippen molar-refractivity contribution in [1.29, 1.82) is 0 Å². The fourth-order valence-corrected chi connectivity index (χ4v) is 9.83. The number of likely N-dealkylation sites (tertiary alicyclic amines) is 1.